The van der Waals surface area contributed by atoms with Crippen LogP contribution in [-0.2, 0) is 9.05 Å². The largest absolute Gasteiger partial charge is 0.495 e. The normalized spacial score (nSPS) is 15.6. The number of amides is 1. The smallest absolute Gasteiger partial charge is 0.265 e. The van der Waals surface area contributed by atoms with Crippen molar-refractivity contribution >= 4 is 25.6 Å². The molecule has 0 unspecified atom stereocenters. The number of hydrogen-bond donors (Lipinski definition) is 1. The summed E-state index contributed by atoms with van der Waals surface area (Å²) in [5.41, 5.74) is -0.0689. The minimum Gasteiger partial charge on any atom is -0.495 e. The third kappa shape index (κ3) is 3.68. The van der Waals surface area contributed by atoms with Gasteiger partial charge in [0.15, 0.2) is 0 Å². The second-order valence-electron chi connectivity index (χ2n) is 5.75. The first kappa shape index (κ1) is 16.1. The Hall–Kier alpha value is -1.27. The van der Waals surface area contributed by atoms with Gasteiger partial charge >= 0.3 is 0 Å². The van der Waals surface area contributed by atoms with Crippen molar-refractivity contribution in [2.24, 2.45) is 5.92 Å². The molecule has 0 spiro atoms. The van der Waals surface area contributed by atoms with Crippen molar-refractivity contribution in [1.29, 1.82) is 0 Å². The van der Waals surface area contributed by atoms with E-state index in [0.717, 1.165) is 12.8 Å². The van der Waals surface area contributed by atoms with Gasteiger partial charge in [0.1, 0.15) is 10.6 Å². The third-order valence-corrected chi connectivity index (χ3v) is 5.07. The highest BCUT2D eigenvalue weighted by atomic mass is 35.7. The van der Waals surface area contributed by atoms with E-state index in [0.29, 0.717) is 5.92 Å². The summed E-state index contributed by atoms with van der Waals surface area (Å²) in [6, 6.07) is 4.18. The van der Waals surface area contributed by atoms with E-state index in [2.05, 4.69) is 5.32 Å². The van der Waals surface area contributed by atoms with Crippen LogP contribution >= 0.6 is 10.7 Å². The van der Waals surface area contributed by atoms with Crippen LogP contribution in [0, 0.1) is 5.92 Å². The second-order valence-corrected chi connectivity index (χ2v) is 8.29. The molecule has 1 fully saturated rings. The molecule has 1 amide bonds. The summed E-state index contributed by atoms with van der Waals surface area (Å²) in [7, 11) is 2.74. The summed E-state index contributed by atoms with van der Waals surface area (Å²) < 4.78 is 28.0. The standard InChI is InChI=1S/C14H18ClNO4S/c1-14(2,10-5-6-10)16-13(17)9-4-7-11(20-3)12(8-9)21(15,18)19/h4,7-8,10H,5-6H2,1-3H3,(H,16,17). The predicted molar refractivity (Wildman–Crippen MR) is 80.3 cm³/mol. The van der Waals surface area contributed by atoms with Crippen LogP contribution in [0.3, 0.4) is 0 Å². The van der Waals surface area contributed by atoms with E-state index in [1.54, 1.807) is 0 Å². The summed E-state index contributed by atoms with van der Waals surface area (Å²) in [6.07, 6.45) is 2.19. The van der Waals surface area contributed by atoms with Crippen LogP contribution in [0.2, 0.25) is 0 Å². The van der Waals surface area contributed by atoms with Gasteiger partial charge in [-0.25, -0.2) is 8.42 Å². The molecule has 0 aromatic heterocycles. The Morgan fingerprint density at radius 2 is 2.00 bits per heavy atom. The van der Waals surface area contributed by atoms with Crippen LogP contribution in [0.5, 0.6) is 5.75 Å². The van der Waals surface area contributed by atoms with Gasteiger partial charge in [0.2, 0.25) is 0 Å². The van der Waals surface area contributed by atoms with Crippen LogP contribution in [0.25, 0.3) is 0 Å². The van der Waals surface area contributed by atoms with Crippen LogP contribution in [0.4, 0.5) is 0 Å². The highest BCUT2D eigenvalue weighted by Gasteiger charge is 2.39. The molecule has 1 aromatic rings. The first-order valence-corrected chi connectivity index (χ1v) is 8.91. The molecule has 21 heavy (non-hydrogen) atoms. The van der Waals surface area contributed by atoms with E-state index in [9.17, 15) is 13.2 Å². The highest BCUT2D eigenvalue weighted by Crippen LogP contribution is 2.39. The lowest BCUT2D eigenvalue weighted by molar-refractivity contribution is 0.0903. The van der Waals surface area contributed by atoms with Crippen LogP contribution in [0.15, 0.2) is 23.1 Å². The SMILES string of the molecule is COc1ccc(C(=O)NC(C)(C)C2CC2)cc1S(=O)(=O)Cl. The number of hydrogen-bond acceptors (Lipinski definition) is 4. The Morgan fingerprint density at radius 3 is 2.48 bits per heavy atom. The summed E-state index contributed by atoms with van der Waals surface area (Å²) in [4.78, 5) is 12.1. The van der Waals surface area contributed by atoms with Gasteiger partial charge in [-0.05, 0) is 50.8 Å². The Balaban J connectivity index is 2.30. The van der Waals surface area contributed by atoms with Gasteiger partial charge in [0, 0.05) is 21.8 Å². The maximum absolute atomic E-state index is 12.3. The predicted octanol–water partition coefficient (Wildman–Crippen LogP) is 2.54. The fourth-order valence-electron chi connectivity index (χ4n) is 2.28. The van der Waals surface area contributed by atoms with Gasteiger partial charge in [0.05, 0.1) is 7.11 Å². The highest BCUT2D eigenvalue weighted by molar-refractivity contribution is 8.13. The van der Waals surface area contributed by atoms with Gasteiger partial charge in [-0.2, -0.15) is 0 Å². The summed E-state index contributed by atoms with van der Waals surface area (Å²) in [5.74, 6) is 0.259. The van der Waals surface area contributed by atoms with Gasteiger partial charge in [-0.15, -0.1) is 0 Å². The molecule has 0 saturated heterocycles. The molecule has 0 bridgehead atoms. The Labute approximate surface area is 129 Å². The lowest BCUT2D eigenvalue weighted by Crippen LogP contribution is -2.45. The molecule has 0 heterocycles. The zero-order valence-corrected chi connectivity index (χ0v) is 13.7. The molecular weight excluding hydrogens is 314 g/mol. The van der Waals surface area contributed by atoms with Crippen LogP contribution < -0.4 is 10.1 Å². The summed E-state index contributed by atoms with van der Waals surface area (Å²) >= 11 is 0. The van der Waals surface area contributed by atoms with E-state index in [-0.39, 0.29) is 27.7 Å². The second kappa shape index (κ2) is 5.50. The first-order valence-electron chi connectivity index (χ1n) is 6.60. The first-order chi connectivity index (χ1) is 9.65. The number of carbonyl (C=O) groups excluding carboxylic acids is 1. The molecule has 116 valence electrons. The van der Waals surface area contributed by atoms with Crippen molar-refractivity contribution in [2.75, 3.05) is 7.11 Å². The molecule has 0 aliphatic heterocycles. The molecule has 5 nitrogen and oxygen atoms in total. The summed E-state index contributed by atoms with van der Waals surface area (Å²) in [5, 5.41) is 2.93. The molecular formula is C14H18ClNO4S. The molecule has 0 atom stereocenters. The minimum atomic E-state index is -3.98. The maximum atomic E-state index is 12.3. The van der Waals surface area contributed by atoms with E-state index < -0.39 is 9.05 Å². The molecule has 1 saturated carbocycles. The quantitative estimate of drug-likeness (QED) is 0.841. The monoisotopic (exact) mass is 331 g/mol. The van der Waals surface area contributed by atoms with Gasteiger partial charge in [0.25, 0.3) is 15.0 Å². The van der Waals surface area contributed by atoms with Crippen molar-refractivity contribution in [3.8, 4) is 5.75 Å². The van der Waals surface area contributed by atoms with Crippen LogP contribution in [0.1, 0.15) is 37.0 Å². The fraction of sp³-hybridized carbons (Fsp3) is 0.500. The lowest BCUT2D eigenvalue weighted by atomic mass is 9.98. The van der Waals surface area contributed by atoms with Crippen molar-refractivity contribution in [2.45, 2.75) is 37.1 Å². The molecule has 7 heteroatoms. The van der Waals surface area contributed by atoms with Crippen molar-refractivity contribution in [3.63, 3.8) is 0 Å². The number of carbonyl (C=O) groups is 1. The van der Waals surface area contributed by atoms with Crippen molar-refractivity contribution in [1.82, 2.24) is 5.32 Å². The average molecular weight is 332 g/mol. The Morgan fingerprint density at radius 1 is 1.38 bits per heavy atom. The molecule has 2 rings (SSSR count). The third-order valence-electron chi connectivity index (χ3n) is 3.72. The molecule has 1 aliphatic rings. The number of halogens is 1. The maximum Gasteiger partial charge on any atom is 0.265 e. The zero-order chi connectivity index (χ0) is 15.8. The van der Waals surface area contributed by atoms with Gasteiger partial charge in [-0.3, -0.25) is 4.79 Å². The molecule has 1 aliphatic carbocycles. The number of nitrogens with one attached hydrogen (secondary N) is 1. The molecule has 1 aromatic carbocycles. The van der Waals surface area contributed by atoms with Gasteiger partial charge in [-0.1, -0.05) is 0 Å². The number of rotatable bonds is 5. The Kier molecular flexibility index (Phi) is 4.22. The Bertz CT molecular complexity index is 666. The topological polar surface area (TPSA) is 72.5 Å². The molecule has 1 N–H and O–H groups in total. The van der Waals surface area contributed by atoms with Crippen molar-refractivity contribution in [3.05, 3.63) is 23.8 Å². The van der Waals surface area contributed by atoms with E-state index in [1.165, 1.54) is 25.3 Å². The number of ether oxygens (including phenoxy) is 1. The average Bonchev–Trinajstić information content (AvgIpc) is 3.21. The fourth-order valence-corrected chi connectivity index (χ4v) is 3.30. The zero-order valence-electron chi connectivity index (χ0n) is 12.1. The number of methoxy groups -OCH3 is 1. The minimum absolute atomic E-state index is 0.114. The molecule has 0 radical (unpaired) electrons. The summed E-state index contributed by atoms with van der Waals surface area (Å²) in [6.45, 7) is 3.93. The van der Waals surface area contributed by atoms with Crippen LogP contribution in [-0.4, -0.2) is 27.0 Å². The van der Waals surface area contributed by atoms with Gasteiger partial charge < -0.3 is 10.1 Å². The van der Waals surface area contributed by atoms with E-state index in [4.69, 9.17) is 15.4 Å². The van der Waals surface area contributed by atoms with E-state index in [1.807, 2.05) is 13.8 Å². The van der Waals surface area contributed by atoms with E-state index >= 15 is 0 Å². The number of benzene rings is 1. The lowest BCUT2D eigenvalue weighted by Gasteiger charge is -2.26. The van der Waals surface area contributed by atoms with Crippen molar-refractivity contribution < 1.29 is 17.9 Å².